The molecule has 1 N–H and O–H groups in total. The van der Waals surface area contributed by atoms with Gasteiger partial charge in [-0.05, 0) is 49.2 Å². The second-order valence-corrected chi connectivity index (χ2v) is 7.42. The van der Waals surface area contributed by atoms with Crippen LogP contribution in [-0.4, -0.2) is 80.4 Å². The van der Waals surface area contributed by atoms with Gasteiger partial charge in [-0.1, -0.05) is 12.8 Å². The number of aryl methyl sites for hydroxylation is 2. The average molecular weight is 350 g/mol. The number of likely N-dealkylation sites (tertiary alicyclic amines) is 2. The maximum absolute atomic E-state index is 12.6. The molecule has 2 atom stereocenters. The molecule has 2 aliphatic rings. The lowest BCUT2D eigenvalue weighted by molar-refractivity contribution is -0.130. The van der Waals surface area contributed by atoms with Gasteiger partial charge in [-0.2, -0.15) is 0 Å². The number of carbonyl (C=O) groups excluding carboxylic acids is 1. The molecule has 0 radical (unpaired) electrons. The molecule has 2 fully saturated rings. The van der Waals surface area contributed by atoms with Crippen molar-refractivity contribution in [3.8, 4) is 0 Å². The molecule has 25 heavy (non-hydrogen) atoms. The fourth-order valence-electron chi connectivity index (χ4n) is 4.02. The number of hydrogen-bond donors (Lipinski definition) is 1. The van der Waals surface area contributed by atoms with Crippen LogP contribution in [-0.2, 0) is 11.3 Å². The van der Waals surface area contributed by atoms with E-state index in [4.69, 9.17) is 0 Å². The number of tetrazole rings is 1. The molecule has 2 aliphatic heterocycles. The second-order valence-electron chi connectivity index (χ2n) is 7.42. The number of amides is 1. The van der Waals surface area contributed by atoms with Crippen LogP contribution in [0.3, 0.4) is 0 Å². The minimum Gasteiger partial charge on any atom is -0.396 e. The molecular weight excluding hydrogens is 320 g/mol. The van der Waals surface area contributed by atoms with Gasteiger partial charge in [0.1, 0.15) is 5.82 Å². The van der Waals surface area contributed by atoms with E-state index in [1.807, 2.05) is 11.8 Å². The van der Waals surface area contributed by atoms with Crippen LogP contribution in [0.5, 0.6) is 0 Å². The quantitative estimate of drug-likeness (QED) is 0.795. The Morgan fingerprint density at radius 2 is 1.88 bits per heavy atom. The van der Waals surface area contributed by atoms with Crippen LogP contribution in [0, 0.1) is 18.8 Å². The second kappa shape index (κ2) is 8.71. The van der Waals surface area contributed by atoms with E-state index >= 15 is 0 Å². The number of aliphatic hydroxyl groups excluding tert-OH is 1. The molecule has 140 valence electrons. The summed E-state index contributed by atoms with van der Waals surface area (Å²) in [6.45, 7) is 7.24. The summed E-state index contributed by atoms with van der Waals surface area (Å²) in [6, 6.07) is 0. The van der Waals surface area contributed by atoms with Crippen LogP contribution < -0.4 is 0 Å². The standard InChI is InChI=1S/C17H30N6O2/c1-14-18-19-20-23(14)9-6-17(25)22-11-15(16(12-22)13-24)10-21-7-4-2-3-5-8-21/h15-16,24H,2-13H2,1H3. The molecule has 2 saturated heterocycles. The minimum atomic E-state index is 0.131. The van der Waals surface area contributed by atoms with Crippen LogP contribution in [0.1, 0.15) is 37.9 Å². The summed E-state index contributed by atoms with van der Waals surface area (Å²) >= 11 is 0. The van der Waals surface area contributed by atoms with Gasteiger partial charge in [-0.3, -0.25) is 4.79 Å². The van der Waals surface area contributed by atoms with E-state index in [9.17, 15) is 9.90 Å². The SMILES string of the molecule is Cc1nnnn1CCC(=O)N1CC(CO)C(CN2CCCCCC2)C1. The van der Waals surface area contributed by atoms with Crippen LogP contribution in [0.15, 0.2) is 0 Å². The fourth-order valence-corrected chi connectivity index (χ4v) is 4.02. The summed E-state index contributed by atoms with van der Waals surface area (Å²) in [5.74, 6) is 1.43. The highest BCUT2D eigenvalue weighted by molar-refractivity contribution is 5.76. The lowest BCUT2D eigenvalue weighted by Gasteiger charge is -2.26. The Morgan fingerprint density at radius 1 is 1.16 bits per heavy atom. The first-order valence-corrected chi connectivity index (χ1v) is 9.51. The minimum absolute atomic E-state index is 0.131. The zero-order chi connectivity index (χ0) is 17.6. The third-order valence-corrected chi connectivity index (χ3v) is 5.60. The van der Waals surface area contributed by atoms with Gasteiger partial charge in [0.15, 0.2) is 0 Å². The van der Waals surface area contributed by atoms with E-state index < -0.39 is 0 Å². The summed E-state index contributed by atoms with van der Waals surface area (Å²) in [5, 5.41) is 21.1. The lowest BCUT2D eigenvalue weighted by atomic mass is 9.96. The molecule has 1 amide bonds. The topological polar surface area (TPSA) is 87.4 Å². The van der Waals surface area contributed by atoms with Gasteiger partial charge in [0.05, 0.1) is 6.54 Å². The Balaban J connectivity index is 1.51. The predicted molar refractivity (Wildman–Crippen MR) is 92.7 cm³/mol. The van der Waals surface area contributed by atoms with Crippen molar-refractivity contribution in [3.05, 3.63) is 5.82 Å². The fraction of sp³-hybridized carbons (Fsp3) is 0.882. The van der Waals surface area contributed by atoms with Crippen LogP contribution in [0.25, 0.3) is 0 Å². The molecule has 0 saturated carbocycles. The first-order valence-electron chi connectivity index (χ1n) is 9.51. The maximum atomic E-state index is 12.6. The van der Waals surface area contributed by atoms with E-state index in [0.717, 1.165) is 32.0 Å². The Labute approximate surface area is 149 Å². The van der Waals surface area contributed by atoms with E-state index in [-0.39, 0.29) is 18.4 Å². The number of hydrogen-bond acceptors (Lipinski definition) is 6. The number of rotatable bonds is 6. The third kappa shape index (κ3) is 4.76. The molecule has 1 aromatic heterocycles. The summed E-state index contributed by atoms with van der Waals surface area (Å²) in [6.07, 6.45) is 5.59. The van der Waals surface area contributed by atoms with Crippen LogP contribution >= 0.6 is 0 Å². The number of carbonyl (C=O) groups is 1. The van der Waals surface area contributed by atoms with Gasteiger partial charge >= 0.3 is 0 Å². The molecule has 0 aliphatic carbocycles. The van der Waals surface area contributed by atoms with Crippen molar-refractivity contribution in [2.45, 2.75) is 45.6 Å². The van der Waals surface area contributed by atoms with Gasteiger partial charge in [0, 0.05) is 38.6 Å². The average Bonchev–Trinajstić information content (AvgIpc) is 3.11. The molecule has 3 heterocycles. The van der Waals surface area contributed by atoms with Gasteiger partial charge in [0.2, 0.25) is 5.91 Å². The highest BCUT2D eigenvalue weighted by atomic mass is 16.3. The Hall–Kier alpha value is -1.54. The largest absolute Gasteiger partial charge is 0.396 e. The molecule has 8 heteroatoms. The molecule has 2 unspecified atom stereocenters. The Bertz CT molecular complexity index is 555. The normalized spacial score (nSPS) is 25.3. The smallest absolute Gasteiger partial charge is 0.224 e. The van der Waals surface area contributed by atoms with Crippen molar-refractivity contribution in [3.63, 3.8) is 0 Å². The maximum Gasteiger partial charge on any atom is 0.224 e. The monoisotopic (exact) mass is 350 g/mol. The van der Waals surface area contributed by atoms with E-state index in [1.165, 1.54) is 25.7 Å². The van der Waals surface area contributed by atoms with Crippen LogP contribution in [0.2, 0.25) is 0 Å². The summed E-state index contributed by atoms with van der Waals surface area (Å²) < 4.78 is 1.66. The zero-order valence-electron chi connectivity index (χ0n) is 15.2. The van der Waals surface area contributed by atoms with Gasteiger partial charge in [-0.25, -0.2) is 4.68 Å². The molecule has 0 aromatic carbocycles. The summed E-state index contributed by atoms with van der Waals surface area (Å²) in [4.78, 5) is 17.0. The van der Waals surface area contributed by atoms with E-state index in [1.54, 1.807) is 4.68 Å². The van der Waals surface area contributed by atoms with Crippen molar-refractivity contribution in [2.24, 2.45) is 11.8 Å². The van der Waals surface area contributed by atoms with E-state index in [2.05, 4.69) is 20.4 Å². The first-order chi connectivity index (χ1) is 12.2. The zero-order valence-corrected chi connectivity index (χ0v) is 15.2. The first kappa shape index (κ1) is 18.3. The molecular formula is C17H30N6O2. The van der Waals surface area contributed by atoms with E-state index in [0.29, 0.717) is 25.4 Å². The van der Waals surface area contributed by atoms with Crippen molar-refractivity contribution >= 4 is 5.91 Å². The highest BCUT2D eigenvalue weighted by Crippen LogP contribution is 2.25. The van der Waals surface area contributed by atoms with Gasteiger partial charge in [0.25, 0.3) is 0 Å². The number of aromatic nitrogens is 4. The molecule has 8 nitrogen and oxygen atoms in total. The van der Waals surface area contributed by atoms with Gasteiger partial charge < -0.3 is 14.9 Å². The molecule has 0 spiro atoms. The highest BCUT2D eigenvalue weighted by Gasteiger charge is 2.35. The summed E-state index contributed by atoms with van der Waals surface area (Å²) in [7, 11) is 0. The predicted octanol–water partition coefficient (Wildman–Crippen LogP) is 0.315. The number of aliphatic hydroxyl groups is 1. The Morgan fingerprint density at radius 3 is 2.52 bits per heavy atom. The van der Waals surface area contributed by atoms with Crippen molar-refractivity contribution in [2.75, 3.05) is 39.3 Å². The molecule has 3 rings (SSSR count). The molecule has 0 bridgehead atoms. The Kier molecular flexibility index (Phi) is 6.36. The third-order valence-electron chi connectivity index (χ3n) is 5.60. The number of nitrogens with zero attached hydrogens (tertiary/aromatic N) is 6. The van der Waals surface area contributed by atoms with Crippen molar-refractivity contribution < 1.29 is 9.90 Å². The lowest BCUT2D eigenvalue weighted by Crippen LogP contribution is -2.35. The van der Waals surface area contributed by atoms with Crippen molar-refractivity contribution in [1.29, 1.82) is 0 Å². The van der Waals surface area contributed by atoms with Gasteiger partial charge in [-0.15, -0.1) is 5.10 Å². The summed E-state index contributed by atoms with van der Waals surface area (Å²) in [5.41, 5.74) is 0. The van der Waals surface area contributed by atoms with Crippen molar-refractivity contribution in [1.82, 2.24) is 30.0 Å². The van der Waals surface area contributed by atoms with Crippen LogP contribution in [0.4, 0.5) is 0 Å². The molecule has 1 aromatic rings.